The summed E-state index contributed by atoms with van der Waals surface area (Å²) in [6.45, 7) is 2.15. The lowest BCUT2D eigenvalue weighted by atomic mass is 10.1. The molecule has 5 aromatic rings. The first-order valence-corrected chi connectivity index (χ1v) is 8.30. The maximum Gasteiger partial charge on any atom is 0.0547 e. The number of hydrogen-bond acceptors (Lipinski definition) is 0. The Morgan fingerprint density at radius 2 is 1.33 bits per heavy atom. The van der Waals surface area contributed by atoms with Gasteiger partial charge in [-0.25, -0.2) is 0 Å². The van der Waals surface area contributed by atoms with Gasteiger partial charge in [0.15, 0.2) is 0 Å². The van der Waals surface area contributed by atoms with E-state index in [0.717, 1.165) is 0 Å². The predicted octanol–water partition coefficient (Wildman–Crippen LogP) is 6.25. The van der Waals surface area contributed by atoms with E-state index in [1.54, 1.807) is 0 Å². The quantitative estimate of drug-likeness (QED) is 0.345. The molecule has 5 rings (SSSR count). The molecule has 0 unspecified atom stereocenters. The minimum absolute atomic E-state index is 1.22. The highest BCUT2D eigenvalue weighted by molar-refractivity contribution is 6.13. The van der Waals surface area contributed by atoms with Gasteiger partial charge >= 0.3 is 0 Å². The van der Waals surface area contributed by atoms with Crippen molar-refractivity contribution in [1.82, 2.24) is 4.57 Å². The van der Waals surface area contributed by atoms with E-state index in [4.69, 9.17) is 0 Å². The number of hydrogen-bond donors (Lipinski definition) is 0. The fourth-order valence-electron chi connectivity index (χ4n) is 3.70. The molecule has 0 aliphatic heterocycles. The standard InChI is InChI=1S/C23H17N/c1-16-7-6-10-19(13-16)24-22-12-5-4-11-20(22)21-14-17-8-2-3-9-18(17)15-23(21)24/h2-15H,1H3. The Morgan fingerprint density at radius 1 is 0.583 bits per heavy atom. The molecule has 24 heavy (non-hydrogen) atoms. The molecule has 0 atom stereocenters. The monoisotopic (exact) mass is 307 g/mol. The van der Waals surface area contributed by atoms with Gasteiger partial charge in [0.05, 0.1) is 11.0 Å². The molecule has 1 heterocycles. The van der Waals surface area contributed by atoms with Crippen LogP contribution in [0.5, 0.6) is 0 Å². The Hall–Kier alpha value is -3.06. The van der Waals surface area contributed by atoms with Gasteiger partial charge in [-0.3, -0.25) is 0 Å². The summed E-state index contributed by atoms with van der Waals surface area (Å²) in [6.07, 6.45) is 0. The van der Waals surface area contributed by atoms with Gasteiger partial charge in [0.25, 0.3) is 0 Å². The van der Waals surface area contributed by atoms with E-state index >= 15 is 0 Å². The Bertz CT molecular complexity index is 1210. The second-order valence-corrected chi connectivity index (χ2v) is 6.41. The number of aryl methyl sites for hydroxylation is 1. The first-order valence-electron chi connectivity index (χ1n) is 8.30. The lowest BCUT2D eigenvalue weighted by molar-refractivity contribution is 1.17. The molecular weight excluding hydrogens is 290 g/mol. The Morgan fingerprint density at radius 3 is 2.17 bits per heavy atom. The van der Waals surface area contributed by atoms with E-state index in [0.29, 0.717) is 0 Å². The summed E-state index contributed by atoms with van der Waals surface area (Å²) >= 11 is 0. The number of para-hydroxylation sites is 1. The zero-order valence-electron chi connectivity index (χ0n) is 13.5. The molecule has 1 nitrogen and oxygen atoms in total. The summed E-state index contributed by atoms with van der Waals surface area (Å²) in [7, 11) is 0. The molecule has 0 bridgehead atoms. The molecule has 4 aromatic carbocycles. The molecule has 0 radical (unpaired) electrons. The molecule has 1 aromatic heterocycles. The maximum absolute atomic E-state index is 2.38. The van der Waals surface area contributed by atoms with Crippen LogP contribution in [0.3, 0.4) is 0 Å². The van der Waals surface area contributed by atoms with Gasteiger partial charge in [-0.05, 0) is 53.6 Å². The third kappa shape index (κ3) is 1.88. The maximum atomic E-state index is 2.38. The van der Waals surface area contributed by atoms with Crippen LogP contribution in [-0.2, 0) is 0 Å². The van der Waals surface area contributed by atoms with Gasteiger partial charge in [-0.1, -0.05) is 54.6 Å². The molecule has 0 aliphatic carbocycles. The Labute approximate surface area is 140 Å². The van der Waals surface area contributed by atoms with E-state index < -0.39 is 0 Å². The lowest BCUT2D eigenvalue weighted by Gasteiger charge is -2.09. The second-order valence-electron chi connectivity index (χ2n) is 6.41. The predicted molar refractivity (Wildman–Crippen MR) is 103 cm³/mol. The molecule has 0 spiro atoms. The van der Waals surface area contributed by atoms with Crippen LogP contribution in [0.15, 0.2) is 84.9 Å². The van der Waals surface area contributed by atoms with Crippen LogP contribution >= 0.6 is 0 Å². The van der Waals surface area contributed by atoms with Crippen LogP contribution in [0.2, 0.25) is 0 Å². The van der Waals surface area contributed by atoms with Crippen molar-refractivity contribution in [3.8, 4) is 5.69 Å². The third-order valence-electron chi connectivity index (χ3n) is 4.80. The number of nitrogens with zero attached hydrogens (tertiary/aromatic N) is 1. The van der Waals surface area contributed by atoms with Crippen LogP contribution in [0.1, 0.15) is 5.56 Å². The molecule has 0 N–H and O–H groups in total. The van der Waals surface area contributed by atoms with E-state index in [1.165, 1.54) is 43.8 Å². The molecule has 0 fully saturated rings. The van der Waals surface area contributed by atoms with Crippen LogP contribution < -0.4 is 0 Å². The molecule has 0 aliphatic rings. The van der Waals surface area contributed by atoms with Gasteiger partial charge in [0.2, 0.25) is 0 Å². The van der Waals surface area contributed by atoms with Crippen molar-refractivity contribution in [3.05, 3.63) is 90.5 Å². The van der Waals surface area contributed by atoms with Crippen LogP contribution in [0, 0.1) is 6.92 Å². The van der Waals surface area contributed by atoms with Crippen LogP contribution in [0.4, 0.5) is 0 Å². The van der Waals surface area contributed by atoms with Gasteiger partial charge in [0, 0.05) is 16.5 Å². The van der Waals surface area contributed by atoms with Crippen LogP contribution in [0.25, 0.3) is 38.3 Å². The molecule has 0 saturated heterocycles. The molecule has 0 saturated carbocycles. The smallest absolute Gasteiger partial charge is 0.0547 e. The van der Waals surface area contributed by atoms with Gasteiger partial charge in [-0.15, -0.1) is 0 Å². The van der Waals surface area contributed by atoms with Gasteiger partial charge in [0.1, 0.15) is 0 Å². The Balaban J connectivity index is 2.01. The SMILES string of the molecule is Cc1cccc(-n2c3ccccc3c3cc4ccccc4cc32)c1. The summed E-state index contributed by atoms with van der Waals surface area (Å²) in [6, 6.07) is 30.6. The molecule has 1 heteroatoms. The number of benzene rings is 4. The first kappa shape index (κ1) is 13.4. The minimum atomic E-state index is 1.22. The highest BCUT2D eigenvalue weighted by atomic mass is 15.0. The summed E-state index contributed by atoms with van der Waals surface area (Å²) in [5, 5.41) is 5.18. The van der Waals surface area contributed by atoms with Crippen molar-refractivity contribution < 1.29 is 0 Å². The number of rotatable bonds is 1. The van der Waals surface area contributed by atoms with Crippen molar-refractivity contribution in [1.29, 1.82) is 0 Å². The zero-order valence-corrected chi connectivity index (χ0v) is 13.5. The molecule has 0 amide bonds. The summed E-state index contributed by atoms with van der Waals surface area (Å²) < 4.78 is 2.38. The van der Waals surface area contributed by atoms with Crippen molar-refractivity contribution in [2.45, 2.75) is 6.92 Å². The van der Waals surface area contributed by atoms with Crippen LogP contribution in [-0.4, -0.2) is 4.57 Å². The second kappa shape index (κ2) is 4.97. The van der Waals surface area contributed by atoms with E-state index in [9.17, 15) is 0 Å². The first-order chi connectivity index (χ1) is 11.8. The fraction of sp³-hybridized carbons (Fsp3) is 0.0435. The van der Waals surface area contributed by atoms with Crippen molar-refractivity contribution in [3.63, 3.8) is 0 Å². The van der Waals surface area contributed by atoms with E-state index in [-0.39, 0.29) is 0 Å². The zero-order chi connectivity index (χ0) is 16.1. The van der Waals surface area contributed by atoms with E-state index in [2.05, 4.69) is 96.4 Å². The normalized spacial score (nSPS) is 11.5. The number of aromatic nitrogens is 1. The largest absolute Gasteiger partial charge is 0.309 e. The van der Waals surface area contributed by atoms with Gasteiger partial charge < -0.3 is 4.57 Å². The number of fused-ring (bicyclic) bond motifs is 4. The van der Waals surface area contributed by atoms with Crippen molar-refractivity contribution in [2.24, 2.45) is 0 Å². The minimum Gasteiger partial charge on any atom is -0.309 e. The average Bonchev–Trinajstić information content (AvgIpc) is 2.93. The van der Waals surface area contributed by atoms with Crippen molar-refractivity contribution >= 4 is 32.6 Å². The average molecular weight is 307 g/mol. The summed E-state index contributed by atoms with van der Waals surface area (Å²) in [4.78, 5) is 0. The fourth-order valence-corrected chi connectivity index (χ4v) is 3.70. The highest BCUT2D eigenvalue weighted by Gasteiger charge is 2.12. The topological polar surface area (TPSA) is 4.93 Å². The molecular formula is C23H17N. The molecule has 114 valence electrons. The third-order valence-corrected chi connectivity index (χ3v) is 4.80. The Kier molecular flexibility index (Phi) is 2.77. The van der Waals surface area contributed by atoms with E-state index in [1.807, 2.05) is 0 Å². The van der Waals surface area contributed by atoms with Crippen molar-refractivity contribution in [2.75, 3.05) is 0 Å². The lowest BCUT2D eigenvalue weighted by Crippen LogP contribution is -1.94. The summed E-state index contributed by atoms with van der Waals surface area (Å²) in [5.41, 5.74) is 5.02. The van der Waals surface area contributed by atoms with Gasteiger partial charge in [-0.2, -0.15) is 0 Å². The highest BCUT2D eigenvalue weighted by Crippen LogP contribution is 2.34. The summed E-state index contributed by atoms with van der Waals surface area (Å²) in [5.74, 6) is 0.